The van der Waals surface area contributed by atoms with E-state index in [-0.39, 0.29) is 26.2 Å². The number of aryl methyl sites for hydroxylation is 1. The van der Waals surface area contributed by atoms with E-state index in [1.54, 1.807) is 13.1 Å². The molecule has 0 saturated heterocycles. The highest BCUT2D eigenvalue weighted by molar-refractivity contribution is 7.92. The summed E-state index contributed by atoms with van der Waals surface area (Å²) in [6, 6.07) is 8.56. The SMILES string of the molecule is Cn1c(=O)oc2cc(NS(=O)(=O)c3ccc(Cl)c(Cl)c3)ccc21. The van der Waals surface area contributed by atoms with Gasteiger partial charge in [-0.1, -0.05) is 23.2 Å². The minimum atomic E-state index is -3.84. The maximum Gasteiger partial charge on any atom is 0.419 e. The van der Waals surface area contributed by atoms with Crippen molar-refractivity contribution < 1.29 is 12.8 Å². The number of benzene rings is 2. The average molecular weight is 373 g/mol. The van der Waals surface area contributed by atoms with Crippen molar-refractivity contribution in [2.45, 2.75) is 4.90 Å². The number of anilines is 1. The van der Waals surface area contributed by atoms with Crippen LogP contribution in [0.3, 0.4) is 0 Å². The summed E-state index contributed by atoms with van der Waals surface area (Å²) in [6.45, 7) is 0. The Morgan fingerprint density at radius 2 is 1.83 bits per heavy atom. The van der Waals surface area contributed by atoms with Gasteiger partial charge in [-0.25, -0.2) is 13.2 Å². The first kappa shape index (κ1) is 15.9. The molecular weight excluding hydrogens is 363 g/mol. The lowest BCUT2D eigenvalue weighted by Crippen LogP contribution is -2.12. The molecule has 1 aromatic heterocycles. The highest BCUT2D eigenvalue weighted by Crippen LogP contribution is 2.26. The Hall–Kier alpha value is -1.96. The van der Waals surface area contributed by atoms with Gasteiger partial charge in [-0.2, -0.15) is 0 Å². The Kier molecular flexibility index (Phi) is 3.87. The Bertz CT molecular complexity index is 1070. The quantitative estimate of drug-likeness (QED) is 0.764. The molecule has 0 amide bonds. The topological polar surface area (TPSA) is 81.3 Å². The molecule has 9 heteroatoms. The van der Waals surface area contributed by atoms with Gasteiger partial charge in [0.2, 0.25) is 0 Å². The summed E-state index contributed by atoms with van der Waals surface area (Å²) in [6.07, 6.45) is 0. The van der Waals surface area contributed by atoms with Gasteiger partial charge >= 0.3 is 5.76 Å². The maximum atomic E-state index is 12.4. The zero-order valence-corrected chi connectivity index (χ0v) is 14.0. The largest absolute Gasteiger partial charge is 0.419 e. The fourth-order valence-corrected chi connectivity index (χ4v) is 3.49. The summed E-state index contributed by atoms with van der Waals surface area (Å²) in [5, 5.41) is 0.400. The number of fused-ring (bicyclic) bond motifs is 1. The summed E-state index contributed by atoms with van der Waals surface area (Å²) in [5.74, 6) is -0.524. The van der Waals surface area contributed by atoms with Crippen molar-refractivity contribution in [2.24, 2.45) is 7.05 Å². The molecule has 0 fully saturated rings. The van der Waals surface area contributed by atoms with Crippen molar-refractivity contribution in [3.8, 4) is 0 Å². The predicted molar refractivity (Wildman–Crippen MR) is 88.7 cm³/mol. The molecule has 0 aliphatic heterocycles. The van der Waals surface area contributed by atoms with Crippen LogP contribution < -0.4 is 10.5 Å². The average Bonchev–Trinajstić information content (AvgIpc) is 2.76. The van der Waals surface area contributed by atoms with Crippen LogP contribution in [0.5, 0.6) is 0 Å². The number of nitrogens with one attached hydrogen (secondary N) is 1. The fraction of sp³-hybridized carbons (Fsp3) is 0.0714. The van der Waals surface area contributed by atoms with Crippen molar-refractivity contribution in [3.05, 3.63) is 57.0 Å². The first-order chi connectivity index (χ1) is 10.8. The molecule has 0 aliphatic carbocycles. The lowest BCUT2D eigenvalue weighted by Gasteiger charge is -2.08. The molecule has 6 nitrogen and oxygen atoms in total. The number of halogens is 2. The molecular formula is C14H10Cl2N2O4S. The summed E-state index contributed by atoms with van der Waals surface area (Å²) in [7, 11) is -2.28. The van der Waals surface area contributed by atoms with Crippen molar-refractivity contribution in [3.63, 3.8) is 0 Å². The molecule has 0 aliphatic rings. The lowest BCUT2D eigenvalue weighted by molar-refractivity contribution is 0.528. The molecule has 1 N–H and O–H groups in total. The molecule has 3 rings (SSSR count). The van der Waals surface area contributed by atoms with Crippen LogP contribution in [0.1, 0.15) is 0 Å². The Morgan fingerprint density at radius 3 is 2.52 bits per heavy atom. The van der Waals surface area contributed by atoms with Crippen LogP contribution in [0.25, 0.3) is 11.1 Å². The third-order valence-electron chi connectivity index (χ3n) is 3.25. The Morgan fingerprint density at radius 1 is 1.09 bits per heavy atom. The highest BCUT2D eigenvalue weighted by Gasteiger charge is 2.16. The first-order valence-electron chi connectivity index (χ1n) is 6.35. The van der Waals surface area contributed by atoms with Crippen LogP contribution >= 0.6 is 23.2 Å². The van der Waals surface area contributed by atoms with Crippen molar-refractivity contribution in [1.29, 1.82) is 0 Å². The molecule has 0 unspecified atom stereocenters. The van der Waals surface area contributed by atoms with Crippen LogP contribution in [-0.2, 0) is 17.1 Å². The summed E-state index contributed by atoms with van der Waals surface area (Å²) >= 11 is 11.6. The fourth-order valence-electron chi connectivity index (χ4n) is 2.06. The number of sulfonamides is 1. The van der Waals surface area contributed by atoms with Gasteiger partial charge in [-0.15, -0.1) is 0 Å². The molecule has 0 saturated carbocycles. The third kappa shape index (κ3) is 2.95. The predicted octanol–water partition coefficient (Wildman–Crippen LogP) is 3.24. The second-order valence-electron chi connectivity index (χ2n) is 4.79. The van der Waals surface area contributed by atoms with Gasteiger partial charge in [-0.3, -0.25) is 9.29 Å². The summed E-state index contributed by atoms with van der Waals surface area (Å²) in [5.41, 5.74) is 1.11. The summed E-state index contributed by atoms with van der Waals surface area (Å²) in [4.78, 5) is 11.4. The second-order valence-corrected chi connectivity index (χ2v) is 7.29. The molecule has 3 aromatic rings. The second kappa shape index (κ2) is 5.59. The number of nitrogens with zero attached hydrogens (tertiary/aromatic N) is 1. The number of hydrogen-bond donors (Lipinski definition) is 1. The van der Waals surface area contributed by atoms with E-state index in [9.17, 15) is 13.2 Å². The minimum Gasteiger partial charge on any atom is -0.408 e. The van der Waals surface area contributed by atoms with Crippen LogP contribution in [0, 0.1) is 0 Å². The van der Waals surface area contributed by atoms with E-state index in [1.165, 1.54) is 34.9 Å². The van der Waals surface area contributed by atoms with Crippen LogP contribution in [0.4, 0.5) is 5.69 Å². The van der Waals surface area contributed by atoms with E-state index >= 15 is 0 Å². The number of aromatic nitrogens is 1. The van der Waals surface area contributed by atoms with Gasteiger partial charge in [0.15, 0.2) is 5.58 Å². The molecule has 0 bridgehead atoms. The van der Waals surface area contributed by atoms with Crippen LogP contribution in [-0.4, -0.2) is 13.0 Å². The van der Waals surface area contributed by atoms with Gasteiger partial charge in [0.1, 0.15) is 0 Å². The van der Waals surface area contributed by atoms with E-state index in [1.807, 2.05) is 0 Å². The summed E-state index contributed by atoms with van der Waals surface area (Å²) < 4.78 is 33.5. The van der Waals surface area contributed by atoms with E-state index < -0.39 is 15.8 Å². The van der Waals surface area contributed by atoms with E-state index in [2.05, 4.69) is 4.72 Å². The van der Waals surface area contributed by atoms with E-state index in [0.29, 0.717) is 5.52 Å². The third-order valence-corrected chi connectivity index (χ3v) is 5.36. The molecule has 1 heterocycles. The van der Waals surface area contributed by atoms with Crippen molar-refractivity contribution >= 4 is 50.0 Å². The van der Waals surface area contributed by atoms with Crippen molar-refractivity contribution in [2.75, 3.05) is 4.72 Å². The first-order valence-corrected chi connectivity index (χ1v) is 8.59. The number of oxazole rings is 1. The molecule has 0 atom stereocenters. The molecule has 0 radical (unpaired) electrons. The van der Waals surface area contributed by atoms with E-state index in [0.717, 1.165) is 0 Å². The molecule has 2 aromatic carbocycles. The van der Waals surface area contributed by atoms with Crippen LogP contribution in [0.15, 0.2) is 50.5 Å². The van der Waals surface area contributed by atoms with E-state index in [4.69, 9.17) is 27.6 Å². The van der Waals surface area contributed by atoms with Gasteiger partial charge in [0.05, 0.1) is 26.1 Å². The van der Waals surface area contributed by atoms with Gasteiger partial charge < -0.3 is 4.42 Å². The zero-order chi connectivity index (χ0) is 16.8. The van der Waals surface area contributed by atoms with Crippen LogP contribution in [0.2, 0.25) is 10.0 Å². The highest BCUT2D eigenvalue weighted by atomic mass is 35.5. The zero-order valence-electron chi connectivity index (χ0n) is 11.7. The van der Waals surface area contributed by atoms with Gasteiger partial charge in [0, 0.05) is 13.1 Å². The monoisotopic (exact) mass is 372 g/mol. The number of hydrogen-bond acceptors (Lipinski definition) is 4. The molecule has 23 heavy (non-hydrogen) atoms. The molecule has 0 spiro atoms. The van der Waals surface area contributed by atoms with Crippen molar-refractivity contribution in [1.82, 2.24) is 4.57 Å². The number of rotatable bonds is 3. The standard InChI is InChI=1S/C14H10Cl2N2O4S/c1-18-12-5-2-8(6-13(12)22-14(18)19)17-23(20,21)9-3-4-10(15)11(16)7-9/h2-7,17H,1H3. The minimum absolute atomic E-state index is 0.0264. The smallest absolute Gasteiger partial charge is 0.408 e. The Balaban J connectivity index is 1.99. The van der Waals surface area contributed by atoms with Gasteiger partial charge in [-0.05, 0) is 30.3 Å². The molecule has 120 valence electrons. The maximum absolute atomic E-state index is 12.4. The van der Waals surface area contributed by atoms with Gasteiger partial charge in [0.25, 0.3) is 10.0 Å². The normalized spacial score (nSPS) is 11.8. The lowest BCUT2D eigenvalue weighted by atomic mass is 10.3. The Labute approximate surface area is 141 Å².